The third-order valence-corrected chi connectivity index (χ3v) is 4.26. The van der Waals surface area contributed by atoms with Crippen LogP contribution < -0.4 is 16.0 Å². The van der Waals surface area contributed by atoms with E-state index in [4.69, 9.17) is 10.6 Å². The highest BCUT2D eigenvalue weighted by Gasteiger charge is 2.19. The van der Waals surface area contributed by atoms with Gasteiger partial charge in [-0.1, -0.05) is 0 Å². The maximum Gasteiger partial charge on any atom is 0.241 e. The van der Waals surface area contributed by atoms with E-state index in [1.807, 2.05) is 0 Å². The molecule has 1 aromatic carbocycles. The lowest BCUT2D eigenvalue weighted by Gasteiger charge is -2.13. The molecule has 1 rings (SSSR count). The van der Waals surface area contributed by atoms with Crippen molar-refractivity contribution in [1.82, 2.24) is 4.72 Å². The number of hydrogen-bond donors (Lipinski definition) is 3. The molecule has 0 amide bonds. The average molecular weight is 273 g/mol. The number of rotatable bonds is 6. The molecule has 6 nitrogen and oxygen atoms in total. The van der Waals surface area contributed by atoms with E-state index in [0.29, 0.717) is 23.4 Å². The molecule has 1 aromatic rings. The Morgan fingerprint density at radius 2 is 1.83 bits per heavy atom. The van der Waals surface area contributed by atoms with E-state index in [2.05, 4.69) is 10.1 Å². The Labute approximate surface area is 108 Å². The number of hydrazine groups is 1. The second-order valence-electron chi connectivity index (χ2n) is 3.97. The monoisotopic (exact) mass is 273 g/mol. The number of ether oxygens (including phenoxy) is 1. The van der Waals surface area contributed by atoms with Crippen LogP contribution >= 0.6 is 0 Å². The highest BCUT2D eigenvalue weighted by atomic mass is 32.2. The summed E-state index contributed by atoms with van der Waals surface area (Å²) in [4.78, 5) is 0.289. The summed E-state index contributed by atoms with van der Waals surface area (Å²) in [6.07, 6.45) is 0. The van der Waals surface area contributed by atoms with Crippen molar-refractivity contribution >= 4 is 15.7 Å². The van der Waals surface area contributed by atoms with Gasteiger partial charge < -0.3 is 10.2 Å². The molecule has 0 bridgehead atoms. The Balaban J connectivity index is 3.09. The Kier molecular flexibility index (Phi) is 5.09. The molecular formula is C11H19N3O3S. The molecule has 18 heavy (non-hydrogen) atoms. The topological polar surface area (TPSA) is 93.4 Å². The van der Waals surface area contributed by atoms with E-state index >= 15 is 0 Å². The molecule has 0 unspecified atom stereocenters. The number of methoxy groups -OCH3 is 1. The number of hydrogen-bond acceptors (Lipinski definition) is 5. The molecule has 0 saturated carbocycles. The SMILES string of the molecule is COCCNS(=O)(=O)c1c(C)cc(NN)cc1C. The second kappa shape index (κ2) is 6.14. The summed E-state index contributed by atoms with van der Waals surface area (Å²) in [7, 11) is -2.00. The standard InChI is InChI=1S/C11H19N3O3S/c1-8-6-10(14-12)7-9(2)11(8)18(15,16)13-4-5-17-3/h6-7,13-14H,4-5,12H2,1-3H3. The van der Waals surface area contributed by atoms with Crippen molar-refractivity contribution in [1.29, 1.82) is 0 Å². The van der Waals surface area contributed by atoms with Crippen molar-refractivity contribution < 1.29 is 13.2 Å². The van der Waals surface area contributed by atoms with E-state index in [1.54, 1.807) is 26.0 Å². The number of nitrogen functional groups attached to an aromatic ring is 1. The number of benzene rings is 1. The lowest BCUT2D eigenvalue weighted by molar-refractivity contribution is 0.204. The normalized spacial score (nSPS) is 11.6. The van der Waals surface area contributed by atoms with Gasteiger partial charge in [-0.15, -0.1) is 0 Å². The predicted molar refractivity (Wildman–Crippen MR) is 70.8 cm³/mol. The summed E-state index contributed by atoms with van der Waals surface area (Å²) in [6.45, 7) is 4.05. The van der Waals surface area contributed by atoms with Crippen LogP contribution in [0.4, 0.5) is 5.69 Å². The third kappa shape index (κ3) is 3.42. The molecule has 102 valence electrons. The van der Waals surface area contributed by atoms with E-state index in [9.17, 15) is 8.42 Å². The van der Waals surface area contributed by atoms with Gasteiger partial charge in [-0.05, 0) is 37.1 Å². The van der Waals surface area contributed by atoms with Gasteiger partial charge >= 0.3 is 0 Å². The molecular weight excluding hydrogens is 254 g/mol. The molecule has 4 N–H and O–H groups in total. The van der Waals surface area contributed by atoms with Crippen LogP contribution in [0.2, 0.25) is 0 Å². The van der Waals surface area contributed by atoms with Gasteiger partial charge in [0.1, 0.15) is 0 Å². The van der Waals surface area contributed by atoms with Crippen LogP contribution in [-0.2, 0) is 14.8 Å². The van der Waals surface area contributed by atoms with Gasteiger partial charge in [0.25, 0.3) is 0 Å². The first-order chi connectivity index (χ1) is 8.42. The maximum absolute atomic E-state index is 12.1. The van der Waals surface area contributed by atoms with Crippen molar-refractivity contribution in [2.75, 3.05) is 25.7 Å². The van der Waals surface area contributed by atoms with Gasteiger partial charge in [0.05, 0.1) is 11.5 Å². The van der Waals surface area contributed by atoms with E-state index < -0.39 is 10.0 Å². The van der Waals surface area contributed by atoms with Gasteiger partial charge in [0, 0.05) is 19.3 Å². The molecule has 0 radical (unpaired) electrons. The summed E-state index contributed by atoms with van der Waals surface area (Å²) < 4.78 is 31.6. The number of aryl methyl sites for hydroxylation is 2. The molecule has 0 fully saturated rings. The molecule has 0 heterocycles. The van der Waals surface area contributed by atoms with E-state index in [1.165, 1.54) is 7.11 Å². The smallest absolute Gasteiger partial charge is 0.241 e. The van der Waals surface area contributed by atoms with E-state index in [-0.39, 0.29) is 11.4 Å². The van der Waals surface area contributed by atoms with Gasteiger partial charge in [0.15, 0.2) is 0 Å². The van der Waals surface area contributed by atoms with Crippen LogP contribution in [0.3, 0.4) is 0 Å². The zero-order chi connectivity index (χ0) is 13.8. The van der Waals surface area contributed by atoms with Crippen LogP contribution in [0.5, 0.6) is 0 Å². The van der Waals surface area contributed by atoms with Crippen LogP contribution in [0.1, 0.15) is 11.1 Å². The first kappa shape index (κ1) is 14.9. The predicted octanol–water partition coefficient (Wildman–Crippen LogP) is 0.514. The Morgan fingerprint density at radius 1 is 1.28 bits per heavy atom. The van der Waals surface area contributed by atoms with Gasteiger partial charge in [0.2, 0.25) is 10.0 Å². The van der Waals surface area contributed by atoms with Gasteiger partial charge in [-0.25, -0.2) is 13.1 Å². The minimum Gasteiger partial charge on any atom is -0.383 e. The molecule has 0 aliphatic carbocycles. The lowest BCUT2D eigenvalue weighted by atomic mass is 10.1. The number of sulfonamides is 1. The summed E-state index contributed by atoms with van der Waals surface area (Å²) in [5, 5.41) is 0. The quantitative estimate of drug-likeness (QED) is 0.399. The molecule has 0 atom stereocenters. The Morgan fingerprint density at radius 3 is 2.28 bits per heavy atom. The Bertz CT molecular complexity index is 491. The summed E-state index contributed by atoms with van der Waals surface area (Å²) >= 11 is 0. The lowest BCUT2D eigenvalue weighted by Crippen LogP contribution is -2.28. The zero-order valence-corrected chi connectivity index (χ0v) is 11.6. The summed E-state index contributed by atoms with van der Waals surface area (Å²) in [5.74, 6) is 5.31. The fourth-order valence-electron chi connectivity index (χ4n) is 1.81. The number of anilines is 1. The third-order valence-electron chi connectivity index (χ3n) is 2.49. The number of nitrogens with two attached hydrogens (primary N) is 1. The first-order valence-electron chi connectivity index (χ1n) is 5.49. The van der Waals surface area contributed by atoms with Crippen molar-refractivity contribution in [3.63, 3.8) is 0 Å². The van der Waals surface area contributed by atoms with E-state index in [0.717, 1.165) is 0 Å². The number of nitrogens with one attached hydrogen (secondary N) is 2. The summed E-state index contributed by atoms with van der Waals surface area (Å²) in [6, 6.07) is 3.38. The molecule has 7 heteroatoms. The minimum absolute atomic E-state index is 0.245. The second-order valence-corrected chi connectivity index (χ2v) is 5.68. The van der Waals surface area contributed by atoms with Crippen molar-refractivity contribution in [2.45, 2.75) is 18.7 Å². The molecule has 0 aromatic heterocycles. The zero-order valence-electron chi connectivity index (χ0n) is 10.8. The highest BCUT2D eigenvalue weighted by molar-refractivity contribution is 7.89. The van der Waals surface area contributed by atoms with Gasteiger partial charge in [-0.2, -0.15) is 0 Å². The van der Waals surface area contributed by atoms with Crippen LogP contribution in [0, 0.1) is 13.8 Å². The first-order valence-corrected chi connectivity index (χ1v) is 6.97. The molecule has 0 saturated heterocycles. The van der Waals surface area contributed by atoms with Crippen LogP contribution in [0.25, 0.3) is 0 Å². The summed E-state index contributed by atoms with van der Waals surface area (Å²) in [5.41, 5.74) is 4.48. The minimum atomic E-state index is -3.52. The molecule has 0 aliphatic heterocycles. The average Bonchev–Trinajstić information content (AvgIpc) is 2.27. The largest absolute Gasteiger partial charge is 0.383 e. The highest BCUT2D eigenvalue weighted by Crippen LogP contribution is 2.23. The van der Waals surface area contributed by atoms with Gasteiger partial charge in [-0.3, -0.25) is 5.84 Å². The molecule has 0 spiro atoms. The molecule has 0 aliphatic rings. The fraction of sp³-hybridized carbons (Fsp3) is 0.455. The van der Waals surface area contributed by atoms with Crippen LogP contribution in [0.15, 0.2) is 17.0 Å². The Hall–Kier alpha value is -1.15. The van der Waals surface area contributed by atoms with Crippen molar-refractivity contribution in [3.05, 3.63) is 23.3 Å². The van der Waals surface area contributed by atoms with Crippen LogP contribution in [-0.4, -0.2) is 28.7 Å². The maximum atomic E-state index is 12.1. The van der Waals surface area contributed by atoms with Crippen molar-refractivity contribution in [3.8, 4) is 0 Å². The van der Waals surface area contributed by atoms with Crippen molar-refractivity contribution in [2.24, 2.45) is 5.84 Å². The fourth-order valence-corrected chi connectivity index (χ4v) is 3.27.